The van der Waals surface area contributed by atoms with Crippen molar-refractivity contribution in [1.29, 1.82) is 0 Å². The Hall–Kier alpha value is -2.14. The van der Waals surface area contributed by atoms with E-state index in [1.54, 1.807) is 7.11 Å². The topological polar surface area (TPSA) is 50.3 Å². The maximum Gasteiger partial charge on any atom is 0.165 e. The third-order valence-corrected chi connectivity index (χ3v) is 3.43. The molecular weight excluding hydrogens is 252 g/mol. The second kappa shape index (κ2) is 5.88. The van der Waals surface area contributed by atoms with Crippen LogP contribution in [0.25, 0.3) is 11.4 Å². The first kappa shape index (κ1) is 12.9. The number of ether oxygens (including phenoxy) is 1. The summed E-state index contributed by atoms with van der Waals surface area (Å²) >= 11 is 0. The first-order valence-electron chi connectivity index (χ1n) is 6.80. The minimum absolute atomic E-state index is 0.707. The van der Waals surface area contributed by atoms with Crippen molar-refractivity contribution in [1.82, 2.24) is 15.3 Å². The van der Waals surface area contributed by atoms with Crippen LogP contribution in [0.1, 0.15) is 0 Å². The van der Waals surface area contributed by atoms with Crippen molar-refractivity contribution >= 4 is 5.82 Å². The highest BCUT2D eigenvalue weighted by molar-refractivity contribution is 5.65. The molecule has 1 fully saturated rings. The van der Waals surface area contributed by atoms with E-state index in [1.807, 2.05) is 36.5 Å². The fourth-order valence-electron chi connectivity index (χ4n) is 2.38. The average molecular weight is 270 g/mol. The van der Waals surface area contributed by atoms with E-state index in [0.717, 1.165) is 43.3 Å². The number of para-hydroxylation sites is 1. The summed E-state index contributed by atoms with van der Waals surface area (Å²) in [7, 11) is 1.67. The molecule has 0 atom stereocenters. The van der Waals surface area contributed by atoms with E-state index in [0.29, 0.717) is 5.82 Å². The Bertz CT molecular complexity index is 582. The van der Waals surface area contributed by atoms with Gasteiger partial charge in [-0.1, -0.05) is 12.1 Å². The van der Waals surface area contributed by atoms with Gasteiger partial charge in [-0.2, -0.15) is 0 Å². The zero-order valence-electron chi connectivity index (χ0n) is 11.5. The minimum atomic E-state index is 0.707. The van der Waals surface area contributed by atoms with E-state index >= 15 is 0 Å². The van der Waals surface area contributed by atoms with Crippen molar-refractivity contribution in [2.75, 3.05) is 38.2 Å². The Morgan fingerprint density at radius 2 is 1.95 bits per heavy atom. The van der Waals surface area contributed by atoms with Crippen molar-refractivity contribution in [3.8, 4) is 17.1 Å². The summed E-state index contributed by atoms with van der Waals surface area (Å²) in [6, 6.07) is 9.79. The van der Waals surface area contributed by atoms with Gasteiger partial charge in [-0.25, -0.2) is 9.97 Å². The number of piperazine rings is 1. The third kappa shape index (κ3) is 2.58. The first-order chi connectivity index (χ1) is 9.88. The van der Waals surface area contributed by atoms with E-state index < -0.39 is 0 Å². The van der Waals surface area contributed by atoms with Gasteiger partial charge in [0.05, 0.1) is 12.7 Å². The molecule has 1 N–H and O–H groups in total. The van der Waals surface area contributed by atoms with Crippen LogP contribution in [0.2, 0.25) is 0 Å². The smallest absolute Gasteiger partial charge is 0.165 e. The lowest BCUT2D eigenvalue weighted by atomic mass is 10.2. The zero-order chi connectivity index (χ0) is 13.8. The molecular formula is C15H18N4O. The van der Waals surface area contributed by atoms with Crippen LogP contribution in [0.15, 0.2) is 36.5 Å². The largest absolute Gasteiger partial charge is 0.496 e. The average Bonchev–Trinajstić information content (AvgIpc) is 2.56. The summed E-state index contributed by atoms with van der Waals surface area (Å²) < 4.78 is 5.38. The van der Waals surface area contributed by atoms with E-state index in [-0.39, 0.29) is 0 Å². The number of hydrogen-bond donors (Lipinski definition) is 1. The Balaban J connectivity index is 1.94. The number of methoxy groups -OCH3 is 1. The fourth-order valence-corrected chi connectivity index (χ4v) is 2.38. The van der Waals surface area contributed by atoms with E-state index in [1.165, 1.54) is 0 Å². The molecule has 0 aliphatic carbocycles. The van der Waals surface area contributed by atoms with Crippen LogP contribution < -0.4 is 15.0 Å². The molecule has 1 saturated heterocycles. The summed E-state index contributed by atoms with van der Waals surface area (Å²) in [5.41, 5.74) is 0.923. The number of nitrogens with zero attached hydrogens (tertiary/aromatic N) is 3. The van der Waals surface area contributed by atoms with Gasteiger partial charge in [0.2, 0.25) is 0 Å². The summed E-state index contributed by atoms with van der Waals surface area (Å²) in [6.07, 6.45) is 1.81. The van der Waals surface area contributed by atoms with Crippen molar-refractivity contribution in [3.05, 3.63) is 36.5 Å². The molecule has 1 aliphatic rings. The second-order valence-electron chi connectivity index (χ2n) is 4.68. The van der Waals surface area contributed by atoms with E-state index in [9.17, 15) is 0 Å². The molecule has 1 aliphatic heterocycles. The van der Waals surface area contributed by atoms with Crippen molar-refractivity contribution in [2.24, 2.45) is 0 Å². The number of anilines is 1. The predicted octanol–water partition coefficient (Wildman–Crippen LogP) is 1.56. The van der Waals surface area contributed by atoms with Gasteiger partial charge in [-0.05, 0) is 18.2 Å². The summed E-state index contributed by atoms with van der Waals surface area (Å²) in [6.45, 7) is 3.94. The number of aromatic nitrogens is 2. The molecule has 0 amide bonds. The van der Waals surface area contributed by atoms with Crippen LogP contribution in [-0.4, -0.2) is 43.3 Å². The monoisotopic (exact) mass is 270 g/mol. The number of rotatable bonds is 3. The van der Waals surface area contributed by atoms with Crippen molar-refractivity contribution in [3.63, 3.8) is 0 Å². The van der Waals surface area contributed by atoms with Crippen LogP contribution in [0.3, 0.4) is 0 Å². The normalized spacial score (nSPS) is 15.2. The molecule has 3 rings (SSSR count). The molecule has 0 bridgehead atoms. The number of benzene rings is 1. The van der Waals surface area contributed by atoms with Crippen LogP contribution >= 0.6 is 0 Å². The predicted molar refractivity (Wildman–Crippen MR) is 79.1 cm³/mol. The van der Waals surface area contributed by atoms with Crippen LogP contribution in [0, 0.1) is 0 Å². The zero-order valence-corrected chi connectivity index (χ0v) is 11.5. The maximum absolute atomic E-state index is 5.38. The van der Waals surface area contributed by atoms with Gasteiger partial charge in [0.25, 0.3) is 0 Å². The highest BCUT2D eigenvalue weighted by Gasteiger charge is 2.14. The second-order valence-corrected chi connectivity index (χ2v) is 4.68. The minimum Gasteiger partial charge on any atom is -0.496 e. The summed E-state index contributed by atoms with van der Waals surface area (Å²) in [5.74, 6) is 2.48. The van der Waals surface area contributed by atoms with Gasteiger partial charge in [-0.3, -0.25) is 0 Å². The van der Waals surface area contributed by atoms with E-state index in [4.69, 9.17) is 4.74 Å². The molecule has 104 valence electrons. The van der Waals surface area contributed by atoms with Gasteiger partial charge in [0.15, 0.2) is 5.82 Å². The first-order valence-corrected chi connectivity index (χ1v) is 6.80. The molecule has 0 saturated carbocycles. The van der Waals surface area contributed by atoms with Gasteiger partial charge in [0, 0.05) is 32.4 Å². The van der Waals surface area contributed by atoms with Crippen LogP contribution in [-0.2, 0) is 0 Å². The van der Waals surface area contributed by atoms with Gasteiger partial charge >= 0.3 is 0 Å². The SMILES string of the molecule is COc1ccccc1-c1nccc(N2CCNCC2)n1. The molecule has 0 spiro atoms. The Kier molecular flexibility index (Phi) is 3.78. The molecule has 0 radical (unpaired) electrons. The quantitative estimate of drug-likeness (QED) is 0.917. The lowest BCUT2D eigenvalue weighted by molar-refractivity contribution is 0.416. The standard InChI is InChI=1S/C15H18N4O/c1-20-13-5-3-2-4-12(13)15-17-7-6-14(18-15)19-10-8-16-9-11-19/h2-7,16H,8-11H2,1H3. The highest BCUT2D eigenvalue weighted by Crippen LogP contribution is 2.27. The lowest BCUT2D eigenvalue weighted by Gasteiger charge is -2.28. The molecule has 2 heterocycles. The highest BCUT2D eigenvalue weighted by atomic mass is 16.5. The summed E-state index contributed by atoms with van der Waals surface area (Å²) in [4.78, 5) is 11.3. The lowest BCUT2D eigenvalue weighted by Crippen LogP contribution is -2.43. The molecule has 1 aromatic heterocycles. The summed E-state index contributed by atoms with van der Waals surface area (Å²) in [5, 5.41) is 3.34. The Labute approximate surface area is 118 Å². The van der Waals surface area contributed by atoms with Crippen molar-refractivity contribution in [2.45, 2.75) is 0 Å². The Morgan fingerprint density at radius 1 is 1.15 bits per heavy atom. The Morgan fingerprint density at radius 3 is 2.75 bits per heavy atom. The molecule has 2 aromatic rings. The molecule has 1 aromatic carbocycles. The van der Waals surface area contributed by atoms with Gasteiger partial charge < -0.3 is 15.0 Å². The number of nitrogens with one attached hydrogen (secondary N) is 1. The third-order valence-electron chi connectivity index (χ3n) is 3.43. The molecule has 0 unspecified atom stereocenters. The molecule has 5 heteroatoms. The van der Waals surface area contributed by atoms with Crippen LogP contribution in [0.5, 0.6) is 5.75 Å². The van der Waals surface area contributed by atoms with Gasteiger partial charge in [-0.15, -0.1) is 0 Å². The van der Waals surface area contributed by atoms with Crippen LogP contribution in [0.4, 0.5) is 5.82 Å². The molecule has 20 heavy (non-hydrogen) atoms. The van der Waals surface area contributed by atoms with E-state index in [2.05, 4.69) is 20.2 Å². The van der Waals surface area contributed by atoms with Gasteiger partial charge in [0.1, 0.15) is 11.6 Å². The number of hydrogen-bond acceptors (Lipinski definition) is 5. The molecule has 5 nitrogen and oxygen atoms in total. The van der Waals surface area contributed by atoms with Crippen molar-refractivity contribution < 1.29 is 4.74 Å². The maximum atomic E-state index is 5.38. The fraction of sp³-hybridized carbons (Fsp3) is 0.333.